The number of hydrogen-bond acceptors (Lipinski definition) is 3. The van der Waals surface area contributed by atoms with Crippen LogP contribution in [-0.4, -0.2) is 38.8 Å². The van der Waals surface area contributed by atoms with Crippen LogP contribution in [0.1, 0.15) is 18.9 Å². The van der Waals surface area contributed by atoms with E-state index in [0.29, 0.717) is 31.4 Å². The quantitative estimate of drug-likeness (QED) is 0.434. The molecule has 124 valence electrons. The van der Waals surface area contributed by atoms with Gasteiger partial charge in [-0.15, -0.1) is 24.0 Å². The number of halogens is 2. The van der Waals surface area contributed by atoms with E-state index in [2.05, 4.69) is 17.2 Å². The molecule has 1 aliphatic heterocycles. The molecule has 0 unspecified atom stereocenters. The molecule has 1 fully saturated rings. The number of morpholine rings is 1. The molecule has 1 aromatic rings. The molecule has 0 radical (unpaired) electrons. The number of benzene rings is 1. The first-order valence-electron chi connectivity index (χ1n) is 7.35. The average molecular weight is 422 g/mol. The van der Waals surface area contributed by atoms with Gasteiger partial charge in [0.05, 0.1) is 25.4 Å². The zero-order valence-corrected chi connectivity index (χ0v) is 15.2. The van der Waals surface area contributed by atoms with Crippen LogP contribution in [-0.2, 0) is 11.3 Å². The maximum atomic E-state index is 14.2. The smallest absolute Gasteiger partial charge is 0.188 e. The Morgan fingerprint density at radius 2 is 2.14 bits per heavy atom. The van der Waals surface area contributed by atoms with Gasteiger partial charge in [-0.25, -0.2) is 9.38 Å². The van der Waals surface area contributed by atoms with Crippen LogP contribution in [0.4, 0.5) is 10.1 Å². The van der Waals surface area contributed by atoms with Crippen LogP contribution in [0.5, 0.6) is 0 Å². The largest absolute Gasteiger partial charge is 0.378 e. The molecule has 3 N–H and O–H groups in total. The molecule has 5 nitrogen and oxygen atoms in total. The van der Waals surface area contributed by atoms with Crippen molar-refractivity contribution >= 4 is 35.6 Å². The normalized spacial score (nSPS) is 15.4. The van der Waals surface area contributed by atoms with E-state index in [0.717, 1.165) is 31.6 Å². The molecular formula is C15H24FIN4O. The zero-order valence-electron chi connectivity index (χ0n) is 12.8. The van der Waals surface area contributed by atoms with E-state index >= 15 is 0 Å². The minimum Gasteiger partial charge on any atom is -0.378 e. The molecule has 1 saturated heterocycles. The summed E-state index contributed by atoms with van der Waals surface area (Å²) in [6.07, 6.45) is 0.985. The molecule has 1 aliphatic rings. The Bertz CT molecular complexity index is 492. The summed E-state index contributed by atoms with van der Waals surface area (Å²) in [5.74, 6) is 0.180. The summed E-state index contributed by atoms with van der Waals surface area (Å²) in [7, 11) is 0. The SMILES string of the molecule is CCCNC(N)=NCc1ccc(N2CCOCC2)c(F)c1.I. The van der Waals surface area contributed by atoms with Gasteiger partial charge in [-0.05, 0) is 24.1 Å². The van der Waals surface area contributed by atoms with Crippen molar-refractivity contribution in [3.05, 3.63) is 29.6 Å². The summed E-state index contributed by atoms with van der Waals surface area (Å²) >= 11 is 0. The second-order valence-electron chi connectivity index (χ2n) is 5.01. The summed E-state index contributed by atoms with van der Waals surface area (Å²) < 4.78 is 19.5. The first-order chi connectivity index (χ1) is 10.2. The maximum absolute atomic E-state index is 14.2. The van der Waals surface area contributed by atoms with Gasteiger partial charge in [0.25, 0.3) is 0 Å². The lowest BCUT2D eigenvalue weighted by molar-refractivity contribution is 0.122. The van der Waals surface area contributed by atoms with Crippen LogP contribution in [0.15, 0.2) is 23.2 Å². The molecule has 22 heavy (non-hydrogen) atoms. The number of anilines is 1. The fourth-order valence-electron chi connectivity index (χ4n) is 2.19. The average Bonchev–Trinajstić information content (AvgIpc) is 2.52. The Kier molecular flexibility index (Phi) is 8.47. The lowest BCUT2D eigenvalue weighted by atomic mass is 10.1. The van der Waals surface area contributed by atoms with Crippen molar-refractivity contribution in [2.24, 2.45) is 10.7 Å². The highest BCUT2D eigenvalue weighted by Gasteiger charge is 2.15. The van der Waals surface area contributed by atoms with Crippen molar-refractivity contribution < 1.29 is 9.13 Å². The van der Waals surface area contributed by atoms with Crippen molar-refractivity contribution in [3.8, 4) is 0 Å². The molecule has 0 saturated carbocycles. The predicted octanol–water partition coefficient (Wildman–Crippen LogP) is 2.09. The highest BCUT2D eigenvalue weighted by atomic mass is 127. The fraction of sp³-hybridized carbons (Fsp3) is 0.533. The maximum Gasteiger partial charge on any atom is 0.188 e. The van der Waals surface area contributed by atoms with Gasteiger partial charge < -0.3 is 20.7 Å². The molecule has 0 aliphatic carbocycles. The summed E-state index contributed by atoms with van der Waals surface area (Å²) in [4.78, 5) is 6.20. The van der Waals surface area contributed by atoms with E-state index in [4.69, 9.17) is 10.5 Å². The van der Waals surface area contributed by atoms with E-state index < -0.39 is 0 Å². The van der Waals surface area contributed by atoms with E-state index in [9.17, 15) is 4.39 Å². The number of aliphatic imine (C=N–C) groups is 1. The van der Waals surface area contributed by atoms with Crippen LogP contribution in [0, 0.1) is 5.82 Å². The van der Waals surface area contributed by atoms with E-state index in [1.165, 1.54) is 6.07 Å². The Morgan fingerprint density at radius 1 is 1.41 bits per heavy atom. The van der Waals surface area contributed by atoms with Gasteiger partial charge in [-0.1, -0.05) is 13.0 Å². The van der Waals surface area contributed by atoms with Gasteiger partial charge in [0.1, 0.15) is 5.82 Å². The molecule has 2 rings (SSSR count). The summed E-state index contributed by atoms with van der Waals surface area (Å²) in [5, 5.41) is 2.99. The van der Waals surface area contributed by atoms with Crippen molar-refractivity contribution in [3.63, 3.8) is 0 Å². The van der Waals surface area contributed by atoms with Crippen LogP contribution in [0.2, 0.25) is 0 Å². The van der Waals surface area contributed by atoms with Crippen LogP contribution in [0.3, 0.4) is 0 Å². The molecule has 1 heterocycles. The summed E-state index contributed by atoms with van der Waals surface area (Å²) in [5.41, 5.74) is 7.15. The molecule has 0 spiro atoms. The van der Waals surface area contributed by atoms with Crippen molar-refractivity contribution in [2.45, 2.75) is 19.9 Å². The standard InChI is InChI=1S/C15H23FN4O.HI/c1-2-5-18-15(17)19-11-12-3-4-14(13(16)10-12)20-6-8-21-9-7-20;/h3-4,10H,2,5-9,11H2,1H3,(H3,17,18,19);1H. The third-order valence-electron chi connectivity index (χ3n) is 3.35. The Labute approximate surface area is 148 Å². The first kappa shape index (κ1) is 19.0. The number of nitrogens with two attached hydrogens (primary N) is 1. The molecule has 0 aromatic heterocycles. The van der Waals surface area contributed by atoms with Crippen LogP contribution < -0.4 is 16.0 Å². The molecule has 0 amide bonds. The minimum atomic E-state index is -0.218. The second kappa shape index (κ2) is 9.83. The van der Waals surface area contributed by atoms with Crippen molar-refractivity contribution in [1.29, 1.82) is 0 Å². The van der Waals surface area contributed by atoms with Gasteiger partial charge in [0.2, 0.25) is 0 Å². The van der Waals surface area contributed by atoms with Gasteiger partial charge in [0, 0.05) is 19.6 Å². The van der Waals surface area contributed by atoms with Crippen LogP contribution in [0.25, 0.3) is 0 Å². The molecule has 0 atom stereocenters. The number of nitrogens with one attached hydrogen (secondary N) is 1. The molecule has 1 aromatic carbocycles. The lowest BCUT2D eigenvalue weighted by Crippen LogP contribution is -2.36. The highest BCUT2D eigenvalue weighted by molar-refractivity contribution is 14.0. The van der Waals surface area contributed by atoms with E-state index in [-0.39, 0.29) is 29.8 Å². The summed E-state index contributed by atoms with van der Waals surface area (Å²) in [6.45, 7) is 5.96. The van der Waals surface area contributed by atoms with Crippen molar-refractivity contribution in [2.75, 3.05) is 37.7 Å². The Morgan fingerprint density at radius 3 is 2.77 bits per heavy atom. The molecule has 0 bridgehead atoms. The van der Waals surface area contributed by atoms with Gasteiger partial charge in [-0.3, -0.25) is 0 Å². The van der Waals surface area contributed by atoms with Crippen molar-refractivity contribution in [1.82, 2.24) is 5.32 Å². The third-order valence-corrected chi connectivity index (χ3v) is 3.35. The minimum absolute atomic E-state index is 0. The number of hydrogen-bond donors (Lipinski definition) is 2. The van der Waals surface area contributed by atoms with Gasteiger partial charge >= 0.3 is 0 Å². The molecule has 7 heteroatoms. The Balaban J connectivity index is 0.00000242. The number of guanidine groups is 1. The topological polar surface area (TPSA) is 62.9 Å². The first-order valence-corrected chi connectivity index (χ1v) is 7.35. The number of ether oxygens (including phenoxy) is 1. The number of rotatable bonds is 5. The van der Waals surface area contributed by atoms with Crippen LogP contribution >= 0.6 is 24.0 Å². The highest BCUT2D eigenvalue weighted by Crippen LogP contribution is 2.21. The number of nitrogens with zero attached hydrogens (tertiary/aromatic N) is 2. The zero-order chi connectivity index (χ0) is 15.1. The van der Waals surface area contributed by atoms with Gasteiger partial charge in [0.15, 0.2) is 5.96 Å². The predicted molar refractivity (Wildman–Crippen MR) is 98.5 cm³/mol. The summed E-state index contributed by atoms with van der Waals surface area (Å²) in [6, 6.07) is 5.23. The monoisotopic (exact) mass is 422 g/mol. The van der Waals surface area contributed by atoms with E-state index in [1.54, 1.807) is 6.07 Å². The second-order valence-corrected chi connectivity index (χ2v) is 5.01. The van der Waals surface area contributed by atoms with E-state index in [1.807, 2.05) is 11.0 Å². The Hall–Kier alpha value is -1.09. The third kappa shape index (κ3) is 5.60. The van der Waals surface area contributed by atoms with Gasteiger partial charge in [-0.2, -0.15) is 0 Å². The molecular weight excluding hydrogens is 398 g/mol. The fourth-order valence-corrected chi connectivity index (χ4v) is 2.19. The lowest BCUT2D eigenvalue weighted by Gasteiger charge is -2.29.